The third kappa shape index (κ3) is 25.1. The fraction of sp³-hybridized carbons (Fsp3) is 0.455. The minimum absolute atomic E-state index is 0. The summed E-state index contributed by atoms with van der Waals surface area (Å²) in [5, 5.41) is 52.5. The molecule has 1 fully saturated rings. The maximum Gasteiger partial charge on any atom is 0.333 e. The molecule has 12 bridgehead atoms. The van der Waals surface area contributed by atoms with Crippen molar-refractivity contribution < 1.29 is 188 Å². The number of carbonyl (C=O) groups is 12. The number of amides is 11. The number of fused-ring (bicyclic) bond motifs is 16. The number of hydrogen-bond acceptors (Lipinski definition) is 19. The van der Waals surface area contributed by atoms with Crippen LogP contribution in [-0.2, 0) is 24.0 Å². The van der Waals surface area contributed by atoms with Crippen LogP contribution in [0.25, 0.3) is 0 Å². The number of imide groups is 1. The Labute approximate surface area is 668 Å². The molecule has 4 aromatic rings. The van der Waals surface area contributed by atoms with E-state index >= 15 is 0 Å². The molecule has 0 aromatic heterocycles. The van der Waals surface area contributed by atoms with Crippen molar-refractivity contribution in [3.8, 4) is 11.5 Å². The van der Waals surface area contributed by atoms with E-state index in [1.165, 1.54) is 36.4 Å². The molecule has 0 spiro atoms. The zero-order chi connectivity index (χ0) is 68.7. The van der Waals surface area contributed by atoms with Gasteiger partial charge in [-0.2, -0.15) is 0 Å². The maximum absolute atomic E-state index is 14.7. The Hall–Kier alpha value is -5.55. The third-order valence-electron chi connectivity index (χ3n) is 17.0. The zero-order valence-corrected chi connectivity index (χ0v) is 62.4. The number of unbranched alkanes of at least 4 members (excludes halogenated alkanes) is 1. The summed E-state index contributed by atoms with van der Waals surface area (Å²) >= 11 is 0. The first-order valence-electron chi connectivity index (χ1n) is 32.4. The Balaban J connectivity index is 0.00000589. The van der Waals surface area contributed by atoms with Crippen molar-refractivity contribution in [2.75, 3.05) is 131 Å². The van der Waals surface area contributed by atoms with Gasteiger partial charge in [-0.15, -0.1) is 14.3 Å². The number of nitrogens with zero attached hydrogens (tertiary/aromatic N) is 5. The second kappa shape index (κ2) is 42.8. The van der Waals surface area contributed by atoms with E-state index in [-0.39, 0.29) is 323 Å². The van der Waals surface area contributed by atoms with Gasteiger partial charge < -0.3 is 62.9 Å². The molecule has 0 aliphatic carbocycles. The molecule has 1 saturated heterocycles. The van der Waals surface area contributed by atoms with Crippen LogP contribution in [0.3, 0.4) is 0 Å². The number of benzene rings is 4. The Morgan fingerprint density at radius 3 is 1.28 bits per heavy atom. The fourth-order valence-electron chi connectivity index (χ4n) is 11.5. The summed E-state index contributed by atoms with van der Waals surface area (Å²) in [4.78, 5) is 174. The fourth-order valence-corrected chi connectivity index (χ4v) is 12.0. The first-order chi connectivity index (χ1) is 46.3. The number of aromatic hydroxyl groups is 1. The molecule has 5 heterocycles. The molecule has 33 heteroatoms. The molecule has 5 aliphatic rings. The standard InChI is InChI=1S/C66H85N14O15P.3Tb/c1-42-44-10-4-11-45(42)60(88)69-24-31-78-34-27-72-63(91)47-13-5-12-46(56(47)85)61(89)70-25-32-76(30-23-68-59(44)87)37-38-77-33-26-71-62(90)48-14-6-15-49(57(48)86)64(92)73-29-36-79(40-39-78)41-43(75-66(94)51-17-7-16-50(58(51)96)65(93)74-28-35-77)9-2-3-22-67-52(81)18-8-19-55(84)95-80-53(82)20-21-54(80)83;;;/h4-7,10-17,43,85-86H,2-3,8-9,18-41,96H2,1H3,(H,67,81)(H,68,87)(H,69,88)(H,70,89)(H,71,90)(H,72,91)(H,73,92)(H,74,93)(H,75,94);;;/p-1. The molecule has 541 valence electrons. The van der Waals surface area contributed by atoms with Crippen LogP contribution in [0.1, 0.15) is 140 Å². The van der Waals surface area contributed by atoms with Gasteiger partial charge in [-0.1, -0.05) is 42.1 Å². The SMILES string of the molecule is Cc1c2cccc1C(=O)NCCN1CCNC(=O)c3cccc(c3O)C(=O)NCCN(CCNC2=O)CCN2CCNC(=O)c3cccc(c3[O-])C(=O)NCCN(CC1)CC(CCCCNC(=O)CCCC(=O)ON1C(=O)CCC1=O)NC(=O)c1cccc(c1P)C(=O)NCC2.[Tb].[Tb].[Tb]. The minimum atomic E-state index is -0.826. The Bertz CT molecular complexity index is 3470. The molecule has 99 heavy (non-hydrogen) atoms. The largest absolute Gasteiger partial charge is 0.871 e. The summed E-state index contributed by atoms with van der Waals surface area (Å²) in [6.45, 7) is 4.74. The predicted octanol–water partition coefficient (Wildman–Crippen LogP) is -1.10. The van der Waals surface area contributed by atoms with E-state index in [9.17, 15) is 67.7 Å². The Morgan fingerprint density at radius 2 is 0.838 bits per heavy atom. The Morgan fingerprint density at radius 1 is 0.485 bits per heavy atom. The van der Waals surface area contributed by atoms with Gasteiger partial charge in [-0.3, -0.25) is 72.3 Å². The monoisotopic (exact) mass is 1820 g/mol. The smallest absolute Gasteiger partial charge is 0.333 e. The molecular weight excluding hydrogens is 1740 g/mol. The van der Waals surface area contributed by atoms with E-state index in [0.29, 0.717) is 41.7 Å². The van der Waals surface area contributed by atoms with E-state index in [1.807, 2.05) is 19.6 Å². The van der Waals surface area contributed by atoms with Gasteiger partial charge in [-0.05, 0) is 79.9 Å². The number of hydrogen-bond donors (Lipinski definition) is 10. The number of rotatable bonds is 10. The normalized spacial score (nSPS) is 20.7. The number of phenols is 1. The molecular formula is C66H84N14O15PTb3-. The van der Waals surface area contributed by atoms with Crippen LogP contribution < -0.4 is 58.3 Å². The van der Waals surface area contributed by atoms with Crippen LogP contribution >= 0.6 is 9.24 Å². The van der Waals surface area contributed by atoms with Crippen molar-refractivity contribution in [2.45, 2.75) is 64.3 Å². The summed E-state index contributed by atoms with van der Waals surface area (Å²) < 4.78 is 0. The Kier molecular flexibility index (Phi) is 36.3. The van der Waals surface area contributed by atoms with Gasteiger partial charge >= 0.3 is 5.97 Å². The number of nitrogens with one attached hydrogen (secondary N) is 9. The molecule has 0 saturated carbocycles. The van der Waals surface area contributed by atoms with Crippen LogP contribution in [0.15, 0.2) is 72.8 Å². The molecule has 6 unspecified atom stereocenters. The van der Waals surface area contributed by atoms with Gasteiger partial charge in [0, 0.05) is 312 Å². The van der Waals surface area contributed by atoms with Gasteiger partial charge in [0.25, 0.3) is 59.1 Å². The van der Waals surface area contributed by atoms with E-state index in [4.69, 9.17) is 4.84 Å². The average molecular weight is 1820 g/mol. The van der Waals surface area contributed by atoms with Crippen molar-refractivity contribution in [3.05, 3.63) is 123 Å². The van der Waals surface area contributed by atoms with E-state index < -0.39 is 82.6 Å². The van der Waals surface area contributed by atoms with E-state index in [0.717, 1.165) is 0 Å². The maximum atomic E-state index is 14.7. The quantitative estimate of drug-likeness (QED) is 0.0511. The van der Waals surface area contributed by atoms with Crippen molar-refractivity contribution >= 4 is 85.5 Å². The summed E-state index contributed by atoms with van der Waals surface area (Å²) in [6, 6.07) is 17.4. The number of hydroxylamine groups is 2. The zero-order valence-electron chi connectivity index (χ0n) is 54.8. The van der Waals surface area contributed by atoms with Crippen LogP contribution in [0.5, 0.6) is 11.5 Å². The molecule has 4 aromatic carbocycles. The molecule has 9 rings (SSSR count). The van der Waals surface area contributed by atoms with E-state index in [1.54, 1.807) is 43.3 Å². The predicted molar refractivity (Wildman–Crippen MR) is 352 cm³/mol. The number of phenolic OH excluding ortho intramolecular Hbond substituents is 1. The van der Waals surface area contributed by atoms with Crippen LogP contribution in [0, 0.1) is 123 Å². The first kappa shape index (κ1) is 84.1. The van der Waals surface area contributed by atoms with E-state index in [2.05, 4.69) is 57.1 Å². The summed E-state index contributed by atoms with van der Waals surface area (Å²) in [5.74, 6) is -8.34. The molecule has 11 amide bonds. The van der Waals surface area contributed by atoms with Crippen LogP contribution in [-0.4, -0.2) is 238 Å². The number of para-hydroxylation sites is 2. The van der Waals surface area contributed by atoms with Gasteiger partial charge in [0.2, 0.25) is 5.91 Å². The third-order valence-corrected chi connectivity index (χ3v) is 17.6. The van der Waals surface area contributed by atoms with Gasteiger partial charge in [0.15, 0.2) is 0 Å². The van der Waals surface area contributed by atoms with Crippen LogP contribution in [0.2, 0.25) is 0 Å². The van der Waals surface area contributed by atoms with Gasteiger partial charge in [-0.25, -0.2) is 4.79 Å². The summed E-state index contributed by atoms with van der Waals surface area (Å²) in [5.41, 5.74) is 0.581. The first-order valence-corrected chi connectivity index (χ1v) is 32.9. The molecule has 3 radical (unpaired) electrons. The number of carbonyl (C=O) groups excluding carboxylic acids is 12. The van der Waals surface area contributed by atoms with Crippen molar-refractivity contribution in [2.24, 2.45) is 0 Å². The molecule has 5 aliphatic heterocycles. The van der Waals surface area contributed by atoms with Crippen LogP contribution in [0.4, 0.5) is 0 Å². The minimum Gasteiger partial charge on any atom is -0.871 e. The van der Waals surface area contributed by atoms with Gasteiger partial charge in [0.1, 0.15) is 5.75 Å². The topological polar surface area (TPSA) is 382 Å². The molecule has 10 N–H and O–H groups in total. The van der Waals surface area contributed by atoms with Crippen molar-refractivity contribution in [1.82, 2.24) is 72.5 Å². The van der Waals surface area contributed by atoms with Crippen molar-refractivity contribution in [1.29, 1.82) is 0 Å². The summed E-state index contributed by atoms with van der Waals surface area (Å²) in [7, 11) is 2.52. The second-order valence-corrected chi connectivity index (χ2v) is 24.2. The van der Waals surface area contributed by atoms with Crippen molar-refractivity contribution in [3.63, 3.8) is 0 Å². The van der Waals surface area contributed by atoms with Gasteiger partial charge in [0.05, 0.1) is 11.1 Å². The second-order valence-electron chi connectivity index (χ2n) is 23.7. The molecule has 29 nitrogen and oxygen atoms in total. The summed E-state index contributed by atoms with van der Waals surface area (Å²) in [6.07, 6.45) is 0.918. The molecule has 6 atom stereocenters. The average Bonchev–Trinajstić information content (AvgIpc) is 1.43.